The molecule has 5 aliphatic rings. The van der Waals surface area contributed by atoms with E-state index in [0.29, 0.717) is 31.7 Å². The van der Waals surface area contributed by atoms with Gasteiger partial charge in [0.05, 0.1) is 31.6 Å². The fourth-order valence-corrected chi connectivity index (χ4v) is 10.8. The van der Waals surface area contributed by atoms with Crippen molar-refractivity contribution in [3.63, 3.8) is 0 Å². The molecule has 0 radical (unpaired) electrons. The number of hydrogen-bond donors (Lipinski definition) is 4. The molecule has 1 saturated heterocycles. The number of fused-ring (bicyclic) bond motifs is 2. The third kappa shape index (κ3) is 8.72. The predicted molar refractivity (Wildman–Crippen MR) is 228 cm³/mol. The second-order valence-corrected chi connectivity index (χ2v) is 18.0. The van der Waals surface area contributed by atoms with E-state index < -0.39 is 36.6 Å². The summed E-state index contributed by atoms with van der Waals surface area (Å²) < 4.78 is 30.8. The predicted octanol–water partition coefficient (Wildman–Crippen LogP) is 7.84. The maximum absolute atomic E-state index is 14.2. The highest BCUT2D eigenvalue weighted by molar-refractivity contribution is 6.03. The van der Waals surface area contributed by atoms with Crippen molar-refractivity contribution in [1.29, 1.82) is 0 Å². The maximum atomic E-state index is 14.2. The van der Waals surface area contributed by atoms with Crippen LogP contribution < -0.4 is 16.0 Å². The van der Waals surface area contributed by atoms with E-state index in [4.69, 9.17) is 9.73 Å². The molecule has 4 N–H and O–H groups in total. The molecule has 6 atom stereocenters. The van der Waals surface area contributed by atoms with Crippen LogP contribution in [-0.4, -0.2) is 82.6 Å². The summed E-state index contributed by atoms with van der Waals surface area (Å²) in [5.74, 6) is 0.124. The Morgan fingerprint density at radius 1 is 0.902 bits per heavy atom. The molecule has 2 aliphatic heterocycles. The smallest absolute Gasteiger partial charge is 0.407 e. The van der Waals surface area contributed by atoms with E-state index in [1.807, 2.05) is 20.0 Å². The quantitative estimate of drug-likeness (QED) is 0.137. The molecular formula is C47H57F2N7O5. The molecule has 3 aliphatic carbocycles. The number of alkyl carbamates (subject to hydrolysis) is 1. The van der Waals surface area contributed by atoms with Gasteiger partial charge in [0.2, 0.25) is 17.7 Å². The summed E-state index contributed by atoms with van der Waals surface area (Å²) in [6.45, 7) is 3.67. The number of carbonyl (C=O) groups excluding carboxylic acids is 4. The first-order valence-electron chi connectivity index (χ1n) is 22.0. The molecule has 3 saturated carbocycles. The summed E-state index contributed by atoms with van der Waals surface area (Å²) in [6.07, 6.45) is 9.13. The molecule has 1 aromatic heterocycles. The lowest BCUT2D eigenvalue weighted by Crippen LogP contribution is -2.62. The molecule has 2 unspecified atom stereocenters. The van der Waals surface area contributed by atoms with Gasteiger partial charge in [-0.05, 0) is 90.5 Å². The number of H-pyrrole nitrogens is 1. The number of nitrogens with zero attached hydrogens (tertiary/aromatic N) is 3. The van der Waals surface area contributed by atoms with Crippen LogP contribution in [0.1, 0.15) is 102 Å². The fourth-order valence-electron chi connectivity index (χ4n) is 10.8. The number of benzene rings is 2. The Balaban J connectivity index is 0.895. The number of hydrogen-bond acceptors (Lipinski definition) is 7. The fraction of sp³-hybridized carbons (Fsp3) is 0.532. The van der Waals surface area contributed by atoms with Gasteiger partial charge >= 0.3 is 6.09 Å². The van der Waals surface area contributed by atoms with E-state index >= 15 is 0 Å². The molecule has 12 nitrogen and oxygen atoms in total. The number of amides is 4. The number of aliphatic imine (C=N–C) groups is 1. The van der Waals surface area contributed by atoms with Crippen LogP contribution in [0.3, 0.4) is 0 Å². The van der Waals surface area contributed by atoms with Gasteiger partial charge in [0.15, 0.2) is 0 Å². The van der Waals surface area contributed by atoms with Gasteiger partial charge in [0.25, 0.3) is 6.43 Å². The van der Waals surface area contributed by atoms with E-state index in [1.165, 1.54) is 7.11 Å². The average Bonchev–Trinajstić information content (AvgIpc) is 4.13. The molecule has 3 aromatic rings. The molecular weight excluding hydrogens is 781 g/mol. The number of aromatic amines is 1. The Hall–Kier alpha value is -5.40. The van der Waals surface area contributed by atoms with E-state index in [0.717, 1.165) is 96.4 Å². The van der Waals surface area contributed by atoms with Crippen molar-refractivity contribution in [3.05, 3.63) is 72.3 Å². The van der Waals surface area contributed by atoms with Gasteiger partial charge in [0.1, 0.15) is 17.4 Å². The van der Waals surface area contributed by atoms with Crippen LogP contribution >= 0.6 is 0 Å². The lowest BCUT2D eigenvalue weighted by molar-refractivity contribution is -0.138. The number of alkyl halides is 2. The number of methoxy groups -OCH3 is 1. The Labute approximate surface area is 355 Å². The number of likely N-dealkylation sites (tertiary alicyclic amines) is 1. The molecule has 14 heteroatoms. The van der Waals surface area contributed by atoms with Crippen LogP contribution in [0.2, 0.25) is 0 Å². The number of aromatic nitrogens is 2. The summed E-state index contributed by atoms with van der Waals surface area (Å²) in [4.78, 5) is 67.8. The van der Waals surface area contributed by atoms with Gasteiger partial charge in [-0.2, -0.15) is 0 Å². The lowest BCUT2D eigenvalue weighted by Gasteiger charge is -2.39. The summed E-state index contributed by atoms with van der Waals surface area (Å²) in [5.41, 5.74) is 6.01. The molecule has 8 rings (SSSR count). The third-order valence-corrected chi connectivity index (χ3v) is 13.9. The maximum Gasteiger partial charge on any atom is 0.407 e. The Bertz CT molecular complexity index is 2160. The topological polar surface area (TPSA) is 158 Å². The van der Waals surface area contributed by atoms with Crippen LogP contribution in [0.15, 0.2) is 65.9 Å². The van der Waals surface area contributed by atoms with Gasteiger partial charge in [0, 0.05) is 36.7 Å². The lowest BCUT2D eigenvalue weighted by atomic mass is 9.73. The summed E-state index contributed by atoms with van der Waals surface area (Å²) in [7, 11) is 1.29. The minimum atomic E-state index is -2.65. The van der Waals surface area contributed by atoms with Gasteiger partial charge in [-0.25, -0.2) is 18.6 Å². The number of carbonyl (C=O) groups is 4. The first-order valence-corrected chi connectivity index (χ1v) is 22.0. The van der Waals surface area contributed by atoms with Gasteiger partial charge < -0.3 is 30.6 Å². The standard InChI is InChI=1S/C47H57F2N7O5/c1-27(2)41(54-46(60)61-3)44(58)56-21-7-8-37(56)42-51-25-36(53-42)31-15-13-29(14-16-31)28-9-11-30(12-10-28)34-23-35(50-24-34)39-32-17-18-33(22-32)40(39)43(57)55-47(19-5-4-6-20-47)45(59)52-26-38(48)49/h9-16,24-25,27,32-33,37-41H,4-8,17-23,26H2,1-3H3,(H,51,53)(H,52,59)(H,54,60)(H,55,57)/t32?,33?,37-,39-,40+,41-/m0/s1. The Kier molecular flexibility index (Phi) is 12.4. The zero-order chi connectivity index (χ0) is 42.8. The second kappa shape index (κ2) is 17.9. The third-order valence-electron chi connectivity index (χ3n) is 13.9. The number of halogens is 2. The van der Waals surface area contributed by atoms with Crippen LogP contribution in [0, 0.1) is 29.6 Å². The van der Waals surface area contributed by atoms with E-state index in [-0.39, 0.29) is 41.5 Å². The normalized spacial score (nSPS) is 24.7. The van der Waals surface area contributed by atoms with Crippen LogP contribution in [0.4, 0.5) is 13.6 Å². The number of imidazole rings is 1. The van der Waals surface area contributed by atoms with E-state index in [2.05, 4.69) is 74.4 Å². The molecule has 2 aromatic carbocycles. The number of ether oxygens (including phenoxy) is 1. The highest BCUT2D eigenvalue weighted by Gasteiger charge is 2.54. The summed E-state index contributed by atoms with van der Waals surface area (Å²) >= 11 is 0. The highest BCUT2D eigenvalue weighted by atomic mass is 19.3. The van der Waals surface area contributed by atoms with Gasteiger partial charge in [-0.1, -0.05) is 81.6 Å². The minimum Gasteiger partial charge on any atom is -0.453 e. The zero-order valence-electron chi connectivity index (χ0n) is 35.2. The van der Waals surface area contributed by atoms with Crippen molar-refractivity contribution in [2.24, 2.45) is 34.6 Å². The Morgan fingerprint density at radius 3 is 2.25 bits per heavy atom. The first-order chi connectivity index (χ1) is 29.4. The minimum absolute atomic E-state index is 0.00633. The summed E-state index contributed by atoms with van der Waals surface area (Å²) in [6, 6.07) is 15.8. The average molecular weight is 838 g/mol. The van der Waals surface area contributed by atoms with Crippen molar-refractivity contribution in [1.82, 2.24) is 30.8 Å². The van der Waals surface area contributed by atoms with Crippen LogP contribution in [0.25, 0.3) is 28.0 Å². The highest BCUT2D eigenvalue weighted by Crippen LogP contribution is 2.54. The van der Waals surface area contributed by atoms with E-state index in [9.17, 15) is 28.0 Å². The van der Waals surface area contributed by atoms with Crippen molar-refractivity contribution >= 4 is 35.1 Å². The van der Waals surface area contributed by atoms with Crippen molar-refractivity contribution < 1.29 is 32.7 Å². The zero-order valence-corrected chi connectivity index (χ0v) is 35.2. The largest absolute Gasteiger partial charge is 0.453 e. The number of allylic oxidation sites excluding steroid dienone is 1. The van der Waals surface area contributed by atoms with Gasteiger partial charge in [-0.3, -0.25) is 19.4 Å². The van der Waals surface area contributed by atoms with Gasteiger partial charge in [-0.15, -0.1) is 0 Å². The summed E-state index contributed by atoms with van der Waals surface area (Å²) in [5, 5.41) is 8.24. The van der Waals surface area contributed by atoms with Crippen LogP contribution in [0.5, 0.6) is 0 Å². The van der Waals surface area contributed by atoms with Crippen molar-refractivity contribution in [2.75, 3.05) is 20.2 Å². The molecule has 3 heterocycles. The molecule has 2 bridgehead atoms. The monoisotopic (exact) mass is 837 g/mol. The molecule has 0 spiro atoms. The van der Waals surface area contributed by atoms with Crippen molar-refractivity contribution in [3.8, 4) is 22.4 Å². The van der Waals surface area contributed by atoms with E-state index in [1.54, 1.807) is 11.1 Å². The second-order valence-electron chi connectivity index (χ2n) is 18.0. The Morgan fingerprint density at radius 2 is 1.57 bits per heavy atom. The molecule has 61 heavy (non-hydrogen) atoms. The molecule has 324 valence electrons. The first kappa shape index (κ1) is 42.3. The van der Waals surface area contributed by atoms with Crippen LogP contribution in [-0.2, 0) is 19.1 Å². The molecule has 4 fully saturated rings. The van der Waals surface area contributed by atoms with Crippen molar-refractivity contribution in [2.45, 2.75) is 109 Å². The number of rotatable bonds is 13. The number of nitrogens with one attached hydrogen (secondary N) is 4. The molecule has 4 amide bonds. The SMILES string of the molecule is COC(=O)N[C@H](C(=O)N1CCC[C@H]1c1ncc(-c2ccc(-c3ccc(C4=CN=C([C@@H]5C6CCC(C6)[C@H]5C(=O)NC5(C(=O)NCC(F)F)CCCCC5)C4)cc3)cc2)[nH]1)C(C)C.